The number of hydrogen-bond acceptors (Lipinski definition) is 9. The molecule has 0 heterocycles. The van der Waals surface area contributed by atoms with Crippen molar-refractivity contribution in [3.05, 3.63) is 0 Å². The summed E-state index contributed by atoms with van der Waals surface area (Å²) < 4.78 is 156. The smallest absolute Gasteiger partial charge is 0.447 e. The Hall–Kier alpha value is 1.20. The van der Waals surface area contributed by atoms with Gasteiger partial charge in [-0.3, -0.25) is 4.39 Å². The standard InChI is InChI=1S/C27H41Br2Cl4F8O9/c1-18(29)14-46-23(33,43-11-5-8-30)21(32)24(44-12-6-9-34,47-15-19(2)31)50-27(42,48-16-20(36)13-35)25(26(39,40)41,45-10-4-7-28)49-17-22(3,37)38/h18-21H,4-17H2,1-3H3/q-1. The van der Waals surface area contributed by atoms with Crippen molar-refractivity contribution in [2.75, 3.05) is 70.8 Å². The van der Waals surface area contributed by atoms with Gasteiger partial charge in [-0.25, -0.2) is 17.6 Å². The third-order valence-corrected chi connectivity index (χ3v) is 7.90. The molecule has 0 rings (SSSR count). The Morgan fingerprint density at radius 1 is 0.800 bits per heavy atom. The average Bonchev–Trinajstić information content (AvgIpc) is 3.01. The van der Waals surface area contributed by atoms with E-state index in [0.29, 0.717) is 0 Å². The molecule has 0 aliphatic carbocycles. The van der Waals surface area contributed by atoms with Crippen LogP contribution < -0.4 is 5.11 Å². The van der Waals surface area contributed by atoms with Crippen LogP contribution in [0.25, 0.3) is 0 Å². The van der Waals surface area contributed by atoms with Crippen LogP contribution >= 0.6 is 78.3 Å². The lowest BCUT2D eigenvalue weighted by Gasteiger charge is -2.56. The molecule has 0 saturated carbocycles. The van der Waals surface area contributed by atoms with Gasteiger partial charge in [0.1, 0.15) is 13.3 Å². The number of alkyl halides is 14. The average molecular weight is 963 g/mol. The zero-order chi connectivity index (χ0) is 38.9. The second-order valence-electron chi connectivity index (χ2n) is 10.6. The van der Waals surface area contributed by atoms with E-state index in [2.05, 4.69) is 36.6 Å². The summed E-state index contributed by atoms with van der Waals surface area (Å²) in [6.07, 6.45) is -9.71. The van der Waals surface area contributed by atoms with Crippen LogP contribution in [0.5, 0.6) is 0 Å². The molecule has 0 aromatic heterocycles. The van der Waals surface area contributed by atoms with Crippen LogP contribution in [0.3, 0.4) is 0 Å². The molecule has 8 atom stereocenters. The van der Waals surface area contributed by atoms with E-state index in [-0.39, 0.29) is 44.2 Å². The highest BCUT2D eigenvalue weighted by atomic mass is 79.9. The maximum Gasteiger partial charge on any atom is 0.447 e. The highest BCUT2D eigenvalue weighted by Gasteiger charge is 2.71. The Morgan fingerprint density at radius 3 is 1.88 bits per heavy atom. The predicted molar refractivity (Wildman–Crippen MR) is 175 cm³/mol. The maximum absolute atomic E-state index is 15.2. The molecule has 9 nitrogen and oxygen atoms in total. The van der Waals surface area contributed by atoms with Crippen LogP contribution in [0.4, 0.5) is 35.1 Å². The minimum absolute atomic E-state index is 0.000598. The van der Waals surface area contributed by atoms with Crippen LogP contribution in [-0.4, -0.2) is 128 Å². The zero-order valence-electron chi connectivity index (χ0n) is 27.2. The van der Waals surface area contributed by atoms with Crippen molar-refractivity contribution in [3.8, 4) is 0 Å². The Labute approximate surface area is 322 Å². The number of hydrogen-bond donors (Lipinski definition) is 0. The van der Waals surface area contributed by atoms with Crippen LogP contribution in [0.2, 0.25) is 0 Å². The summed E-state index contributed by atoms with van der Waals surface area (Å²) in [4.78, 5) is -0.498. The Kier molecular flexibility index (Phi) is 24.5. The van der Waals surface area contributed by atoms with Crippen molar-refractivity contribution in [2.24, 2.45) is 0 Å². The molecule has 0 N–H and O–H groups in total. The van der Waals surface area contributed by atoms with E-state index >= 15 is 13.2 Å². The fraction of sp³-hybridized carbons (Fsp3) is 1.00. The van der Waals surface area contributed by atoms with Crippen LogP contribution in [-0.2, 0) is 37.9 Å². The Morgan fingerprint density at radius 2 is 1.40 bits per heavy atom. The molecule has 0 bridgehead atoms. The molecule has 0 aliphatic heterocycles. The zero-order valence-corrected chi connectivity index (χ0v) is 33.4. The van der Waals surface area contributed by atoms with Crippen molar-refractivity contribution >= 4 is 78.3 Å². The monoisotopic (exact) mass is 959 g/mol. The third kappa shape index (κ3) is 16.9. The first-order valence-corrected chi connectivity index (χ1v) is 18.7. The molecule has 23 heteroatoms. The molecule has 0 amide bonds. The van der Waals surface area contributed by atoms with Gasteiger partial charge in [0.2, 0.25) is 0 Å². The first-order chi connectivity index (χ1) is 23.0. The number of rotatable bonds is 30. The fourth-order valence-corrected chi connectivity index (χ4v) is 4.47. The maximum atomic E-state index is 15.2. The summed E-state index contributed by atoms with van der Waals surface area (Å²) in [5.74, 6) is -17.5. The summed E-state index contributed by atoms with van der Waals surface area (Å²) in [5.41, 5.74) is 0. The summed E-state index contributed by atoms with van der Waals surface area (Å²) in [6.45, 7) is -7.35. The summed E-state index contributed by atoms with van der Waals surface area (Å²) >= 11 is 31.3. The highest BCUT2D eigenvalue weighted by molar-refractivity contribution is 9.09. The second-order valence-corrected chi connectivity index (χ2v) is 15.0. The van der Waals surface area contributed by atoms with Crippen molar-refractivity contribution in [1.82, 2.24) is 0 Å². The molecule has 8 unspecified atom stereocenters. The van der Waals surface area contributed by atoms with Gasteiger partial charge in [-0.2, -0.15) is 13.2 Å². The summed E-state index contributed by atoms with van der Waals surface area (Å²) in [7, 11) is 0. The van der Waals surface area contributed by atoms with Gasteiger partial charge in [0.05, 0.1) is 51.7 Å². The second kappa shape index (κ2) is 24.0. The van der Waals surface area contributed by atoms with Crippen molar-refractivity contribution in [2.45, 2.75) is 96.9 Å². The molecule has 0 aliphatic rings. The first-order valence-electron chi connectivity index (χ1n) is 14.9. The minimum atomic E-state index is -6.17. The third-order valence-electron chi connectivity index (χ3n) is 5.58. The van der Waals surface area contributed by atoms with E-state index in [4.69, 9.17) is 79.6 Å². The molecule has 0 aromatic carbocycles. The molecule has 0 saturated heterocycles. The predicted octanol–water partition coefficient (Wildman–Crippen LogP) is 7.69. The van der Waals surface area contributed by atoms with E-state index in [1.807, 2.05) is 0 Å². The van der Waals surface area contributed by atoms with Gasteiger partial charge in [0.25, 0.3) is 11.2 Å². The molecule has 0 radical (unpaired) electrons. The number of ether oxygens (including phenoxy) is 8. The van der Waals surface area contributed by atoms with Gasteiger partial charge < -0.3 is 43.0 Å². The largest absolute Gasteiger partial charge is 0.802 e. The quantitative estimate of drug-likeness (QED) is 0.0311. The van der Waals surface area contributed by atoms with Crippen LogP contribution in [0.1, 0.15) is 40.0 Å². The lowest BCUT2D eigenvalue weighted by atomic mass is 10.1. The molecule has 0 aromatic rings. The van der Waals surface area contributed by atoms with E-state index in [9.17, 15) is 27.1 Å². The SMILES string of the molecule is CC(Cl)COC(OCCCF)(OC([O-])(OCC(F)CF)C(OCCCBr)(OCC(C)(F)F)C(F)(F)F)C(Cl)C(Cl)(OCCCCl)OCC(C)Br. The van der Waals surface area contributed by atoms with E-state index in [1.54, 1.807) is 6.92 Å². The fourth-order valence-electron chi connectivity index (χ4n) is 3.37. The van der Waals surface area contributed by atoms with Gasteiger partial charge in [-0.1, -0.05) is 50.4 Å². The summed E-state index contributed by atoms with van der Waals surface area (Å²) in [5, 5.41) is 8.36. The van der Waals surface area contributed by atoms with Crippen molar-refractivity contribution in [3.63, 3.8) is 0 Å². The van der Waals surface area contributed by atoms with Gasteiger partial charge in [0.15, 0.2) is 17.5 Å². The molecule has 0 fully saturated rings. The first kappa shape index (κ1) is 51.2. The highest BCUT2D eigenvalue weighted by Crippen LogP contribution is 2.49. The molecular formula is C27H41Br2Cl4F8O9-. The van der Waals surface area contributed by atoms with Gasteiger partial charge in [-0.15, -0.1) is 34.8 Å². The van der Waals surface area contributed by atoms with E-state index < -0.39 is 110 Å². The van der Waals surface area contributed by atoms with E-state index in [1.165, 1.54) is 6.92 Å². The van der Waals surface area contributed by atoms with Crippen molar-refractivity contribution in [1.29, 1.82) is 0 Å². The minimum Gasteiger partial charge on any atom is -0.802 e. The molecule has 50 heavy (non-hydrogen) atoms. The molecule has 302 valence electrons. The van der Waals surface area contributed by atoms with Gasteiger partial charge in [0, 0.05) is 23.0 Å². The lowest BCUT2D eigenvalue weighted by molar-refractivity contribution is -0.731. The van der Waals surface area contributed by atoms with Gasteiger partial charge in [-0.05, 0) is 26.2 Å². The van der Waals surface area contributed by atoms with Crippen LogP contribution in [0, 0.1) is 0 Å². The summed E-state index contributed by atoms with van der Waals surface area (Å²) in [6, 6.07) is 0. The topological polar surface area (TPSA) is 96.9 Å². The normalized spacial score (nSPS) is 20.3. The Bertz CT molecular complexity index is 926. The molecule has 0 spiro atoms. The van der Waals surface area contributed by atoms with Gasteiger partial charge >= 0.3 is 17.9 Å². The number of halogens is 14. The molecular weight excluding hydrogens is 922 g/mol. The Balaban J connectivity index is 8.01. The van der Waals surface area contributed by atoms with Crippen LogP contribution in [0.15, 0.2) is 0 Å². The van der Waals surface area contributed by atoms with E-state index in [0.717, 1.165) is 0 Å². The van der Waals surface area contributed by atoms with Crippen molar-refractivity contribution < 1.29 is 78.1 Å². The lowest BCUT2D eigenvalue weighted by Crippen LogP contribution is -2.78.